The Kier molecular flexibility index (Phi) is 11.5. The van der Waals surface area contributed by atoms with E-state index in [0.29, 0.717) is 36.5 Å². The standard InChI is InChI=1S/C40H68O13/c1-18(2)8-13-40(49)19(3)27-35(53-40)32(46)28-23-7-6-21-15-22(9-11-38(21,4)24(23)10-12-39(27,28)5)50-37-36(34(48)31(45)26(17-42)52-37)51-25-14-20(16-41)29(43)33(47)30(25)44/h18-37,41-49H,6-17H2,1-5H3/t19-,20+,21+,22-,23+,24-,25+,26+,27-,28+,29-,30-,31+,32+,33-,34-,35+,36+,37+,38-,39+,40+/m0/s1. The van der Waals surface area contributed by atoms with Crippen LogP contribution in [0.15, 0.2) is 0 Å². The summed E-state index contributed by atoms with van der Waals surface area (Å²) in [4.78, 5) is 0. The van der Waals surface area contributed by atoms with Crippen LogP contribution >= 0.6 is 0 Å². The van der Waals surface area contributed by atoms with E-state index in [1.807, 2.05) is 0 Å². The molecule has 13 nitrogen and oxygen atoms in total. The van der Waals surface area contributed by atoms with Crippen molar-refractivity contribution in [2.45, 2.75) is 178 Å². The summed E-state index contributed by atoms with van der Waals surface area (Å²) in [6.45, 7) is 10.2. The van der Waals surface area contributed by atoms with E-state index < -0.39 is 86.1 Å². The highest BCUT2D eigenvalue weighted by atomic mass is 16.7. The van der Waals surface area contributed by atoms with Gasteiger partial charge in [0.25, 0.3) is 0 Å². The predicted molar refractivity (Wildman–Crippen MR) is 190 cm³/mol. The van der Waals surface area contributed by atoms with E-state index in [1.165, 1.54) is 0 Å². The maximum Gasteiger partial charge on any atom is 0.187 e. The zero-order valence-corrected chi connectivity index (χ0v) is 32.2. The van der Waals surface area contributed by atoms with Gasteiger partial charge in [-0.1, -0.05) is 34.6 Å². The zero-order chi connectivity index (χ0) is 38.4. The molecule has 5 aliphatic carbocycles. The Morgan fingerprint density at radius 3 is 2.15 bits per heavy atom. The van der Waals surface area contributed by atoms with Gasteiger partial charge in [0.15, 0.2) is 12.1 Å². The fourth-order valence-corrected chi connectivity index (χ4v) is 13.1. The van der Waals surface area contributed by atoms with Crippen molar-refractivity contribution in [3.63, 3.8) is 0 Å². The Bertz CT molecular complexity index is 1270. The van der Waals surface area contributed by atoms with E-state index in [0.717, 1.165) is 44.9 Å². The Labute approximate surface area is 314 Å². The lowest BCUT2D eigenvalue weighted by Gasteiger charge is -2.61. The Hall–Kier alpha value is -0.520. The highest BCUT2D eigenvalue weighted by Gasteiger charge is 2.71. The van der Waals surface area contributed by atoms with Crippen LogP contribution in [-0.2, 0) is 18.9 Å². The summed E-state index contributed by atoms with van der Waals surface area (Å²) >= 11 is 0. The van der Waals surface area contributed by atoms with Crippen LogP contribution < -0.4 is 0 Å². The smallest absolute Gasteiger partial charge is 0.187 e. The first-order chi connectivity index (χ1) is 25.0. The quantitative estimate of drug-likeness (QED) is 0.151. The van der Waals surface area contributed by atoms with Gasteiger partial charge < -0.3 is 64.9 Å². The second kappa shape index (κ2) is 15.0. The number of rotatable bonds is 9. The molecule has 0 aromatic rings. The second-order valence-electron chi connectivity index (χ2n) is 19.3. The summed E-state index contributed by atoms with van der Waals surface area (Å²) < 4.78 is 25.2. The lowest BCUT2D eigenvalue weighted by molar-refractivity contribution is -0.338. The Morgan fingerprint density at radius 1 is 0.755 bits per heavy atom. The normalized spacial score (nSPS) is 56.8. The number of ether oxygens (including phenoxy) is 4. The van der Waals surface area contributed by atoms with E-state index in [1.54, 1.807) is 0 Å². The third-order valence-electron chi connectivity index (χ3n) is 16.2. The molecule has 0 aromatic carbocycles. The molecule has 53 heavy (non-hydrogen) atoms. The van der Waals surface area contributed by atoms with Crippen molar-refractivity contribution in [1.82, 2.24) is 0 Å². The molecule has 22 atom stereocenters. The molecule has 306 valence electrons. The van der Waals surface area contributed by atoms with E-state index in [9.17, 15) is 46.0 Å². The molecule has 2 saturated heterocycles. The molecule has 2 aliphatic heterocycles. The molecule has 0 amide bonds. The van der Waals surface area contributed by atoms with Crippen molar-refractivity contribution in [2.24, 2.45) is 58.2 Å². The Balaban J connectivity index is 1.04. The van der Waals surface area contributed by atoms with Crippen molar-refractivity contribution in [3.8, 4) is 0 Å². The number of hydrogen-bond donors (Lipinski definition) is 9. The molecule has 5 saturated carbocycles. The number of fused-ring (bicyclic) bond motifs is 7. The molecule has 0 radical (unpaired) electrons. The minimum Gasteiger partial charge on any atom is -0.396 e. The predicted octanol–water partition coefficient (Wildman–Crippen LogP) is 1.06. The van der Waals surface area contributed by atoms with Crippen LogP contribution in [0.3, 0.4) is 0 Å². The molecule has 0 spiro atoms. The first-order valence-electron chi connectivity index (χ1n) is 20.7. The van der Waals surface area contributed by atoms with Crippen molar-refractivity contribution in [2.75, 3.05) is 13.2 Å². The van der Waals surface area contributed by atoms with Crippen LogP contribution in [0.5, 0.6) is 0 Å². The topological polar surface area (TPSA) is 219 Å². The summed E-state index contributed by atoms with van der Waals surface area (Å²) in [5.41, 5.74) is -0.0864. The maximum atomic E-state index is 12.0. The van der Waals surface area contributed by atoms with Gasteiger partial charge in [-0.15, -0.1) is 0 Å². The molecule has 7 aliphatic rings. The SMILES string of the molecule is CC(C)CC[C@@]1(O)O[C@H]2[C@H](O)[C@H]3[C@@H]4CC[C@@H]5C[C@@H](O[C@@H]6O[C@H](CO)[C@@H](O)[C@H](O)[C@H]6O[C@@H]6C[C@H](CO)[C@H](O)[C@H](O)[C@H]6O)CC[C@]5(C)[C@H]4CC[C@]3(C)[C@H]2[C@@H]1C. The molecule has 7 rings (SSSR count). The molecule has 9 N–H and O–H groups in total. The van der Waals surface area contributed by atoms with Gasteiger partial charge in [0.05, 0.1) is 37.1 Å². The first kappa shape index (κ1) is 40.7. The fraction of sp³-hybridized carbons (Fsp3) is 1.00. The van der Waals surface area contributed by atoms with Gasteiger partial charge >= 0.3 is 0 Å². The van der Waals surface area contributed by atoms with Gasteiger partial charge in [-0.25, -0.2) is 0 Å². The molecule has 2 heterocycles. The molecular weight excluding hydrogens is 688 g/mol. The van der Waals surface area contributed by atoms with Gasteiger partial charge in [0.2, 0.25) is 0 Å². The van der Waals surface area contributed by atoms with Gasteiger partial charge in [-0.3, -0.25) is 0 Å². The molecule has 0 aromatic heterocycles. The van der Waals surface area contributed by atoms with Crippen LogP contribution in [0.4, 0.5) is 0 Å². The zero-order valence-electron chi connectivity index (χ0n) is 32.2. The minimum atomic E-state index is -1.58. The van der Waals surface area contributed by atoms with Crippen molar-refractivity contribution < 1.29 is 64.9 Å². The van der Waals surface area contributed by atoms with Crippen LogP contribution in [0, 0.1) is 58.2 Å². The van der Waals surface area contributed by atoms with E-state index in [-0.39, 0.29) is 47.2 Å². The lowest BCUT2D eigenvalue weighted by atomic mass is 9.44. The summed E-state index contributed by atoms with van der Waals surface area (Å²) in [7, 11) is 0. The van der Waals surface area contributed by atoms with Crippen LogP contribution in [0.25, 0.3) is 0 Å². The minimum absolute atomic E-state index is 0.00194. The number of aliphatic hydroxyl groups excluding tert-OH is 8. The fourth-order valence-electron chi connectivity index (χ4n) is 13.1. The monoisotopic (exact) mass is 756 g/mol. The molecule has 13 heteroatoms. The average Bonchev–Trinajstić information content (AvgIpc) is 3.52. The number of hydrogen-bond acceptors (Lipinski definition) is 13. The molecular formula is C40H68O13. The second-order valence-corrected chi connectivity index (χ2v) is 19.3. The summed E-state index contributed by atoms with van der Waals surface area (Å²) in [5, 5.41) is 96.9. The van der Waals surface area contributed by atoms with Gasteiger partial charge in [0.1, 0.15) is 36.6 Å². The third-order valence-corrected chi connectivity index (χ3v) is 16.2. The van der Waals surface area contributed by atoms with Gasteiger partial charge in [0, 0.05) is 30.8 Å². The van der Waals surface area contributed by atoms with Crippen LogP contribution in [-0.4, -0.2) is 138 Å². The van der Waals surface area contributed by atoms with E-state index in [2.05, 4.69) is 34.6 Å². The highest BCUT2D eigenvalue weighted by molar-refractivity contribution is 5.18. The van der Waals surface area contributed by atoms with E-state index in [4.69, 9.17) is 18.9 Å². The van der Waals surface area contributed by atoms with Crippen molar-refractivity contribution >= 4 is 0 Å². The average molecular weight is 757 g/mol. The lowest BCUT2D eigenvalue weighted by Crippen LogP contribution is -2.64. The van der Waals surface area contributed by atoms with E-state index >= 15 is 0 Å². The van der Waals surface area contributed by atoms with Crippen LogP contribution in [0.2, 0.25) is 0 Å². The van der Waals surface area contributed by atoms with Crippen molar-refractivity contribution in [1.29, 1.82) is 0 Å². The summed E-state index contributed by atoms with van der Waals surface area (Å²) in [6, 6.07) is 0. The van der Waals surface area contributed by atoms with Crippen molar-refractivity contribution in [3.05, 3.63) is 0 Å². The van der Waals surface area contributed by atoms with Gasteiger partial charge in [-0.2, -0.15) is 0 Å². The molecule has 0 bridgehead atoms. The first-order valence-corrected chi connectivity index (χ1v) is 20.7. The third kappa shape index (κ3) is 6.67. The van der Waals surface area contributed by atoms with Gasteiger partial charge in [-0.05, 0) is 98.2 Å². The molecule has 0 unspecified atom stereocenters. The highest BCUT2D eigenvalue weighted by Crippen LogP contribution is 2.71. The maximum absolute atomic E-state index is 12.0. The largest absolute Gasteiger partial charge is 0.396 e. The summed E-state index contributed by atoms with van der Waals surface area (Å²) in [6.07, 6.45) is -5.56. The van der Waals surface area contributed by atoms with Crippen LogP contribution in [0.1, 0.15) is 98.8 Å². The number of aliphatic hydroxyl groups is 9. The summed E-state index contributed by atoms with van der Waals surface area (Å²) in [5.74, 6) is -0.226. The molecule has 7 fully saturated rings. The Morgan fingerprint density at radius 2 is 1.47 bits per heavy atom.